The van der Waals surface area contributed by atoms with E-state index in [0.29, 0.717) is 31.5 Å². The number of anilines is 1. The van der Waals surface area contributed by atoms with Crippen molar-refractivity contribution in [3.8, 4) is 6.07 Å². The van der Waals surface area contributed by atoms with Gasteiger partial charge in [-0.25, -0.2) is 9.67 Å². The molecule has 1 saturated carbocycles. The third kappa shape index (κ3) is 4.74. The van der Waals surface area contributed by atoms with Crippen molar-refractivity contribution < 1.29 is 26.7 Å². The zero-order chi connectivity index (χ0) is 23.8. The molecule has 4 rings (SSSR count). The number of nitriles is 1. The largest absolute Gasteiger partial charge is 0.434 e. The molecule has 0 saturated heterocycles. The molecule has 13 heteroatoms. The van der Waals surface area contributed by atoms with Gasteiger partial charge in [0.1, 0.15) is 17.5 Å². The average molecular weight is 467 g/mol. The first kappa shape index (κ1) is 22.5. The molecule has 0 radical (unpaired) electrons. The summed E-state index contributed by atoms with van der Waals surface area (Å²) < 4.78 is 66.1. The predicted octanol–water partition coefficient (Wildman–Crippen LogP) is 3.97. The second-order valence-corrected chi connectivity index (χ2v) is 7.69. The highest BCUT2D eigenvalue weighted by Gasteiger charge is 2.34. The Bertz CT molecular complexity index is 1200. The van der Waals surface area contributed by atoms with Gasteiger partial charge in [-0.15, -0.1) is 0 Å². The van der Waals surface area contributed by atoms with E-state index < -0.39 is 24.3 Å². The summed E-state index contributed by atoms with van der Waals surface area (Å²) in [6.07, 6.45) is -0.420. The van der Waals surface area contributed by atoms with Crippen LogP contribution in [0.25, 0.3) is 5.65 Å². The highest BCUT2D eigenvalue weighted by Crippen LogP contribution is 2.30. The highest BCUT2D eigenvalue weighted by molar-refractivity contribution is 5.96. The molecule has 8 nitrogen and oxygen atoms in total. The van der Waals surface area contributed by atoms with E-state index in [1.807, 2.05) is 0 Å². The summed E-state index contributed by atoms with van der Waals surface area (Å²) in [5.74, 6) is -0.182. The van der Waals surface area contributed by atoms with Gasteiger partial charge in [-0.05, 0) is 37.8 Å². The molecule has 0 aliphatic heterocycles. The van der Waals surface area contributed by atoms with E-state index in [9.17, 15) is 26.7 Å². The Labute approximate surface area is 184 Å². The lowest BCUT2D eigenvalue weighted by molar-refractivity contribution is -0.140. The molecule has 1 aliphatic carbocycles. The number of aromatic nitrogens is 4. The van der Waals surface area contributed by atoms with Crippen molar-refractivity contribution in [2.75, 3.05) is 5.32 Å². The van der Waals surface area contributed by atoms with Gasteiger partial charge in [0, 0.05) is 24.5 Å². The number of halogens is 5. The van der Waals surface area contributed by atoms with Gasteiger partial charge >= 0.3 is 12.7 Å². The smallest absolute Gasteiger partial charge is 0.368 e. The normalized spacial score (nSPS) is 18.9. The van der Waals surface area contributed by atoms with Crippen LogP contribution >= 0.6 is 0 Å². The summed E-state index contributed by atoms with van der Waals surface area (Å²) in [4.78, 5) is 16.1. The summed E-state index contributed by atoms with van der Waals surface area (Å²) in [6, 6.07) is 6.11. The second kappa shape index (κ2) is 8.68. The minimum Gasteiger partial charge on any atom is -0.368 e. The lowest BCUT2D eigenvalue weighted by atomic mass is 9.91. The van der Waals surface area contributed by atoms with E-state index in [0.717, 1.165) is 12.4 Å². The van der Waals surface area contributed by atoms with Gasteiger partial charge in [-0.1, -0.05) is 6.07 Å². The molecular weight excluding hydrogens is 449 g/mol. The number of nitrogens with zero attached hydrogens (tertiary/aromatic N) is 5. The number of imidazole rings is 1. The van der Waals surface area contributed by atoms with Crippen molar-refractivity contribution in [3.63, 3.8) is 0 Å². The average Bonchev–Trinajstić information content (AvgIpc) is 3.40. The van der Waals surface area contributed by atoms with Crippen molar-refractivity contribution in [2.24, 2.45) is 0 Å². The van der Waals surface area contributed by atoms with Crippen LogP contribution in [0.3, 0.4) is 0 Å². The monoisotopic (exact) mass is 467 g/mol. The fourth-order valence-corrected chi connectivity index (χ4v) is 3.86. The summed E-state index contributed by atoms with van der Waals surface area (Å²) >= 11 is 0. The lowest BCUT2D eigenvalue weighted by Crippen LogP contribution is -2.40. The number of amides is 1. The van der Waals surface area contributed by atoms with Crippen LogP contribution in [-0.2, 0) is 6.18 Å². The Balaban J connectivity index is 1.38. The van der Waals surface area contributed by atoms with Crippen LogP contribution in [0.1, 0.15) is 54.0 Å². The van der Waals surface area contributed by atoms with Crippen LogP contribution < -0.4 is 10.6 Å². The molecule has 174 valence electrons. The van der Waals surface area contributed by atoms with Gasteiger partial charge in [-0.3, -0.25) is 9.20 Å². The lowest BCUT2D eigenvalue weighted by Gasteiger charge is -2.30. The van der Waals surface area contributed by atoms with Gasteiger partial charge in [0.25, 0.3) is 5.91 Å². The van der Waals surface area contributed by atoms with Crippen LogP contribution in [0.4, 0.5) is 27.8 Å². The van der Waals surface area contributed by atoms with Gasteiger partial charge in [0.2, 0.25) is 0 Å². The Morgan fingerprint density at radius 3 is 2.48 bits per heavy atom. The standard InChI is InChI=1S/C20H18F5N7O/c21-19(22)32-9-13(14(8-26)30-32)18(33)28-12-6-4-11(5-7-12)27-16-2-1-3-17-29-15(10-31(16)17)20(23,24)25/h1-3,9-12,19,27H,4-7H2,(H,28,33). The molecular formula is C20H18F5N7O. The molecule has 1 aliphatic rings. The Hall–Kier alpha value is -3.69. The number of pyridine rings is 1. The van der Waals surface area contributed by atoms with Crippen LogP contribution in [0, 0.1) is 11.3 Å². The maximum Gasteiger partial charge on any atom is 0.434 e. The predicted molar refractivity (Wildman–Crippen MR) is 106 cm³/mol. The number of hydrogen-bond donors (Lipinski definition) is 2. The quantitative estimate of drug-likeness (QED) is 0.554. The van der Waals surface area contributed by atoms with Gasteiger partial charge < -0.3 is 10.6 Å². The van der Waals surface area contributed by atoms with E-state index >= 15 is 0 Å². The molecule has 0 aromatic carbocycles. The van der Waals surface area contributed by atoms with Gasteiger partial charge in [0.15, 0.2) is 11.4 Å². The van der Waals surface area contributed by atoms with E-state index in [1.165, 1.54) is 10.5 Å². The molecule has 3 aromatic rings. The maximum absolute atomic E-state index is 13.0. The van der Waals surface area contributed by atoms with Crippen molar-refractivity contribution in [3.05, 3.63) is 47.5 Å². The van der Waals surface area contributed by atoms with E-state index in [4.69, 9.17) is 5.26 Å². The molecule has 1 amide bonds. The molecule has 0 bridgehead atoms. The van der Waals surface area contributed by atoms with Crippen molar-refractivity contribution in [2.45, 2.75) is 50.5 Å². The number of carbonyl (C=O) groups excluding carboxylic acids is 1. The van der Waals surface area contributed by atoms with Crippen LogP contribution in [0.15, 0.2) is 30.6 Å². The number of hydrogen-bond acceptors (Lipinski definition) is 5. The Morgan fingerprint density at radius 2 is 1.85 bits per heavy atom. The molecule has 33 heavy (non-hydrogen) atoms. The van der Waals surface area contributed by atoms with E-state index in [1.54, 1.807) is 18.2 Å². The Kier molecular flexibility index (Phi) is 5.92. The van der Waals surface area contributed by atoms with Crippen LogP contribution in [0.5, 0.6) is 0 Å². The molecule has 0 atom stereocenters. The zero-order valence-electron chi connectivity index (χ0n) is 17.0. The number of rotatable bonds is 5. The fourth-order valence-electron chi connectivity index (χ4n) is 3.86. The number of fused-ring (bicyclic) bond motifs is 1. The third-order valence-corrected chi connectivity index (χ3v) is 5.48. The summed E-state index contributed by atoms with van der Waals surface area (Å²) in [5, 5.41) is 18.4. The minimum absolute atomic E-state index is 0.0447. The van der Waals surface area contributed by atoms with E-state index in [-0.39, 0.29) is 33.7 Å². The molecule has 1 fully saturated rings. The molecule has 3 aromatic heterocycles. The van der Waals surface area contributed by atoms with Gasteiger partial charge in [-0.2, -0.15) is 32.3 Å². The second-order valence-electron chi connectivity index (χ2n) is 7.69. The SMILES string of the molecule is N#Cc1nn(C(F)F)cc1C(=O)NC1CCC(Nc2cccc3nc(C(F)(F)F)cn23)CC1. The first-order valence-corrected chi connectivity index (χ1v) is 10.1. The van der Waals surface area contributed by atoms with Crippen LogP contribution in [-0.4, -0.2) is 37.2 Å². The number of carbonyl (C=O) groups is 1. The number of alkyl halides is 5. The van der Waals surface area contributed by atoms with Crippen molar-refractivity contribution >= 4 is 17.4 Å². The first-order valence-electron chi connectivity index (χ1n) is 10.1. The van der Waals surface area contributed by atoms with Crippen molar-refractivity contribution in [1.29, 1.82) is 5.26 Å². The van der Waals surface area contributed by atoms with Crippen molar-refractivity contribution in [1.82, 2.24) is 24.5 Å². The summed E-state index contributed by atoms with van der Waals surface area (Å²) in [5.41, 5.74) is -1.40. The molecule has 2 N–H and O–H groups in total. The molecule has 3 heterocycles. The van der Waals surface area contributed by atoms with E-state index in [2.05, 4.69) is 20.7 Å². The topological polar surface area (TPSA) is 100 Å². The van der Waals surface area contributed by atoms with Gasteiger partial charge in [0.05, 0.1) is 5.56 Å². The highest BCUT2D eigenvalue weighted by atomic mass is 19.4. The summed E-state index contributed by atoms with van der Waals surface area (Å²) in [6.45, 7) is -2.97. The van der Waals surface area contributed by atoms with Crippen LogP contribution in [0.2, 0.25) is 0 Å². The maximum atomic E-state index is 13.0. The number of nitrogens with one attached hydrogen (secondary N) is 2. The fraction of sp³-hybridized carbons (Fsp3) is 0.400. The molecule has 0 spiro atoms. The molecule has 0 unspecified atom stereocenters. The minimum atomic E-state index is -4.54. The third-order valence-electron chi connectivity index (χ3n) is 5.48. The summed E-state index contributed by atoms with van der Waals surface area (Å²) in [7, 11) is 0. The zero-order valence-corrected chi connectivity index (χ0v) is 17.0. The first-order chi connectivity index (χ1) is 15.7. The Morgan fingerprint density at radius 1 is 1.15 bits per heavy atom.